The van der Waals surface area contributed by atoms with Crippen LogP contribution < -0.4 is 5.73 Å². The number of allylic oxidation sites excluding steroid dienone is 5. The minimum Gasteiger partial charge on any atom is -0.465 e. The minimum absolute atomic E-state index is 0.0612. The SMILES string of the molecule is CCCCCCCC(C[C@@H](CCC)OC=O)(CN(C)/C=C\N)C1=CCC=CC=C1. The van der Waals surface area contributed by atoms with Gasteiger partial charge in [0.05, 0.1) is 0 Å². The number of nitrogens with two attached hydrogens (primary N) is 1. The van der Waals surface area contributed by atoms with Gasteiger partial charge in [-0.05, 0) is 31.3 Å². The van der Waals surface area contributed by atoms with Crippen molar-refractivity contribution in [1.82, 2.24) is 4.90 Å². The van der Waals surface area contributed by atoms with Gasteiger partial charge in [-0.1, -0.05) is 82.8 Å². The van der Waals surface area contributed by atoms with Gasteiger partial charge in [-0.3, -0.25) is 4.79 Å². The fourth-order valence-electron chi connectivity index (χ4n) is 4.37. The molecule has 0 saturated carbocycles. The number of nitrogens with zero attached hydrogens (tertiary/aromatic N) is 1. The second-order valence-electron chi connectivity index (χ2n) is 8.23. The van der Waals surface area contributed by atoms with Gasteiger partial charge in [0, 0.05) is 31.4 Å². The van der Waals surface area contributed by atoms with Crippen molar-refractivity contribution in [3.63, 3.8) is 0 Å². The van der Waals surface area contributed by atoms with Gasteiger partial charge in [-0.15, -0.1) is 0 Å². The molecule has 0 aliphatic heterocycles. The van der Waals surface area contributed by atoms with Crippen molar-refractivity contribution in [1.29, 1.82) is 0 Å². The monoisotopic (exact) mass is 402 g/mol. The van der Waals surface area contributed by atoms with Crippen LogP contribution in [0.1, 0.15) is 78.1 Å². The molecular weight excluding hydrogens is 360 g/mol. The average Bonchev–Trinajstić information content (AvgIpc) is 2.98. The first-order valence-electron chi connectivity index (χ1n) is 11.3. The molecule has 4 nitrogen and oxygen atoms in total. The van der Waals surface area contributed by atoms with Crippen LogP contribution in [0.3, 0.4) is 0 Å². The molecule has 2 N–H and O–H groups in total. The minimum atomic E-state index is -0.0775. The van der Waals surface area contributed by atoms with E-state index in [9.17, 15) is 4.79 Å². The first-order valence-corrected chi connectivity index (χ1v) is 11.3. The van der Waals surface area contributed by atoms with Crippen molar-refractivity contribution in [2.75, 3.05) is 13.6 Å². The number of rotatable bonds is 16. The number of carbonyl (C=O) groups excluding carboxylic acids is 1. The molecule has 164 valence electrons. The Morgan fingerprint density at radius 3 is 2.69 bits per heavy atom. The second-order valence-corrected chi connectivity index (χ2v) is 8.23. The second kappa shape index (κ2) is 14.9. The van der Waals surface area contributed by atoms with Gasteiger partial charge in [0.15, 0.2) is 0 Å². The molecule has 1 aliphatic rings. The summed E-state index contributed by atoms with van der Waals surface area (Å²) in [5, 5.41) is 0. The molecule has 29 heavy (non-hydrogen) atoms. The highest BCUT2D eigenvalue weighted by atomic mass is 16.5. The summed E-state index contributed by atoms with van der Waals surface area (Å²) in [6.07, 6.45) is 25.5. The van der Waals surface area contributed by atoms with Crippen LogP contribution in [0.25, 0.3) is 0 Å². The highest BCUT2D eigenvalue weighted by Crippen LogP contribution is 2.42. The molecule has 1 unspecified atom stereocenters. The standard InChI is InChI=1S/C25H42N2O2/c1-4-6-7-10-13-17-25(21-27(3)19-18-26,20-24(14-5-2)29-22-28)23-15-11-8-9-12-16-23/h8-9,11,15-16,18-19,22,24H,4-7,10,12-14,17,20-21,26H2,1-3H3/b19-18-/t24-,25?/m1/s1. The van der Waals surface area contributed by atoms with Gasteiger partial charge in [0.2, 0.25) is 0 Å². The molecule has 0 aromatic rings. The lowest BCUT2D eigenvalue weighted by molar-refractivity contribution is -0.135. The Kier molecular flexibility index (Phi) is 12.9. The molecule has 0 amide bonds. The molecule has 0 aromatic carbocycles. The fourth-order valence-corrected chi connectivity index (χ4v) is 4.37. The van der Waals surface area contributed by atoms with Crippen LogP contribution in [0.4, 0.5) is 0 Å². The first kappa shape index (κ1) is 25.1. The zero-order chi connectivity index (χ0) is 21.4. The number of hydrogen-bond donors (Lipinski definition) is 1. The van der Waals surface area contributed by atoms with Crippen LogP contribution >= 0.6 is 0 Å². The number of carbonyl (C=O) groups is 1. The number of ether oxygens (including phenoxy) is 1. The van der Waals surface area contributed by atoms with E-state index in [0.717, 1.165) is 38.6 Å². The van der Waals surface area contributed by atoms with E-state index in [1.807, 2.05) is 6.20 Å². The molecule has 0 spiro atoms. The average molecular weight is 403 g/mol. The molecule has 2 atom stereocenters. The lowest BCUT2D eigenvalue weighted by Crippen LogP contribution is -2.38. The summed E-state index contributed by atoms with van der Waals surface area (Å²) in [5.74, 6) is 0. The molecule has 0 fully saturated rings. The maximum Gasteiger partial charge on any atom is 0.293 e. The van der Waals surface area contributed by atoms with E-state index in [2.05, 4.69) is 56.2 Å². The number of unbranched alkanes of at least 4 members (excludes halogenated alkanes) is 4. The van der Waals surface area contributed by atoms with Crippen molar-refractivity contribution in [2.45, 2.75) is 84.2 Å². The van der Waals surface area contributed by atoms with E-state index in [-0.39, 0.29) is 11.5 Å². The Morgan fingerprint density at radius 2 is 2.00 bits per heavy atom. The molecular formula is C25H42N2O2. The van der Waals surface area contributed by atoms with Crippen molar-refractivity contribution in [2.24, 2.45) is 11.1 Å². The molecule has 0 radical (unpaired) electrons. The lowest BCUT2D eigenvalue weighted by Gasteiger charge is -2.40. The van der Waals surface area contributed by atoms with Crippen LogP contribution in [0, 0.1) is 5.41 Å². The van der Waals surface area contributed by atoms with E-state index in [0.29, 0.717) is 6.47 Å². The third kappa shape index (κ3) is 9.38. The van der Waals surface area contributed by atoms with E-state index >= 15 is 0 Å². The summed E-state index contributed by atoms with van der Waals surface area (Å²) in [6.45, 7) is 5.87. The fraction of sp³-hybridized carbons (Fsp3) is 0.640. The highest BCUT2D eigenvalue weighted by molar-refractivity contribution is 5.38. The Labute approximate surface area is 178 Å². The summed E-state index contributed by atoms with van der Waals surface area (Å²) in [5.41, 5.74) is 6.95. The van der Waals surface area contributed by atoms with Gasteiger partial charge in [-0.2, -0.15) is 0 Å². The smallest absolute Gasteiger partial charge is 0.293 e. The van der Waals surface area contributed by atoms with E-state index in [1.54, 1.807) is 6.20 Å². The van der Waals surface area contributed by atoms with E-state index in [4.69, 9.17) is 10.5 Å². The maximum absolute atomic E-state index is 11.2. The third-order valence-electron chi connectivity index (χ3n) is 5.74. The van der Waals surface area contributed by atoms with Crippen LogP contribution in [-0.2, 0) is 9.53 Å². The van der Waals surface area contributed by atoms with Gasteiger partial charge in [-0.25, -0.2) is 0 Å². The molecule has 0 heterocycles. The first-order chi connectivity index (χ1) is 14.1. The highest BCUT2D eigenvalue weighted by Gasteiger charge is 2.36. The normalized spacial score (nSPS) is 16.9. The number of hydrogen-bond acceptors (Lipinski definition) is 4. The van der Waals surface area contributed by atoms with Crippen LogP contribution in [0.2, 0.25) is 0 Å². The van der Waals surface area contributed by atoms with Crippen LogP contribution in [0.5, 0.6) is 0 Å². The van der Waals surface area contributed by atoms with Crippen molar-refractivity contribution >= 4 is 6.47 Å². The molecule has 1 aliphatic carbocycles. The third-order valence-corrected chi connectivity index (χ3v) is 5.74. The van der Waals surface area contributed by atoms with Crippen molar-refractivity contribution < 1.29 is 9.53 Å². The van der Waals surface area contributed by atoms with E-state index < -0.39 is 0 Å². The zero-order valence-corrected chi connectivity index (χ0v) is 18.8. The summed E-state index contributed by atoms with van der Waals surface area (Å²) in [6, 6.07) is 0. The molecule has 1 rings (SSSR count). The Hall–Kier alpha value is -1.97. The summed E-state index contributed by atoms with van der Waals surface area (Å²) >= 11 is 0. The molecule has 4 heteroatoms. The van der Waals surface area contributed by atoms with Crippen molar-refractivity contribution in [3.8, 4) is 0 Å². The van der Waals surface area contributed by atoms with Gasteiger partial charge in [0.25, 0.3) is 6.47 Å². The van der Waals surface area contributed by atoms with Gasteiger partial charge < -0.3 is 15.4 Å². The largest absolute Gasteiger partial charge is 0.465 e. The topological polar surface area (TPSA) is 55.6 Å². The summed E-state index contributed by atoms with van der Waals surface area (Å²) in [7, 11) is 2.07. The van der Waals surface area contributed by atoms with Gasteiger partial charge in [0.1, 0.15) is 6.10 Å². The Balaban J connectivity index is 3.19. The predicted molar refractivity (Wildman–Crippen MR) is 123 cm³/mol. The van der Waals surface area contributed by atoms with Gasteiger partial charge >= 0.3 is 0 Å². The van der Waals surface area contributed by atoms with Crippen LogP contribution in [0.15, 0.2) is 48.4 Å². The zero-order valence-electron chi connectivity index (χ0n) is 18.8. The lowest BCUT2D eigenvalue weighted by atomic mass is 9.70. The Bertz CT molecular complexity index is 565. The van der Waals surface area contributed by atoms with Crippen LogP contribution in [-0.4, -0.2) is 31.1 Å². The van der Waals surface area contributed by atoms with E-state index in [1.165, 1.54) is 37.7 Å². The predicted octanol–water partition coefficient (Wildman–Crippen LogP) is 5.87. The summed E-state index contributed by atoms with van der Waals surface area (Å²) in [4.78, 5) is 13.3. The Morgan fingerprint density at radius 1 is 1.21 bits per heavy atom. The molecule has 0 aromatic heterocycles. The molecule has 0 saturated heterocycles. The summed E-state index contributed by atoms with van der Waals surface area (Å²) < 4.78 is 5.54. The quantitative estimate of drug-likeness (QED) is 0.259. The van der Waals surface area contributed by atoms with Crippen molar-refractivity contribution in [3.05, 3.63) is 48.4 Å². The maximum atomic E-state index is 11.2. The molecule has 0 bridgehead atoms.